The summed E-state index contributed by atoms with van der Waals surface area (Å²) in [5.74, 6) is 0. The van der Waals surface area contributed by atoms with Crippen molar-refractivity contribution in [2.75, 3.05) is 0 Å². The number of fused-ring (bicyclic) bond motifs is 1. The molecule has 12 heavy (non-hydrogen) atoms. The van der Waals surface area contributed by atoms with Gasteiger partial charge in [-0.15, -0.1) is 0 Å². The van der Waals surface area contributed by atoms with E-state index in [0.717, 1.165) is 17.4 Å². The third kappa shape index (κ3) is 1.08. The van der Waals surface area contributed by atoms with Crippen molar-refractivity contribution in [1.82, 2.24) is 5.16 Å². The monoisotopic (exact) mass is 181 g/mol. The lowest BCUT2D eigenvalue weighted by atomic mass is 10.1. The van der Waals surface area contributed by atoms with E-state index < -0.39 is 0 Å². The van der Waals surface area contributed by atoms with E-state index >= 15 is 0 Å². The average Bonchev–Trinajstić information content (AvgIpc) is 2.50. The largest absolute Gasteiger partial charge is 0.356 e. The van der Waals surface area contributed by atoms with Crippen molar-refractivity contribution < 1.29 is 4.52 Å². The zero-order valence-electron chi connectivity index (χ0n) is 6.67. The van der Waals surface area contributed by atoms with Gasteiger partial charge in [-0.25, -0.2) is 0 Å². The zero-order chi connectivity index (χ0) is 8.55. The average molecular weight is 182 g/mol. The predicted octanol–water partition coefficient (Wildman–Crippen LogP) is 3.04. The van der Waals surface area contributed by atoms with E-state index in [0.29, 0.717) is 5.02 Å². The highest BCUT2D eigenvalue weighted by atomic mass is 35.5. The molecule has 3 heteroatoms. The number of nitrogens with zero attached hydrogens (tertiary/aromatic N) is 1. The van der Waals surface area contributed by atoms with Crippen LogP contribution in [0.5, 0.6) is 0 Å². The molecule has 0 N–H and O–H groups in total. The number of rotatable bonds is 1. The lowest BCUT2D eigenvalue weighted by Gasteiger charge is -1.97. The molecule has 1 aromatic heterocycles. The summed E-state index contributed by atoms with van der Waals surface area (Å²) in [4.78, 5) is 0. The first kappa shape index (κ1) is 7.62. The highest BCUT2D eigenvalue weighted by Gasteiger charge is 2.04. The minimum Gasteiger partial charge on any atom is -0.356 e. The van der Waals surface area contributed by atoms with Crippen molar-refractivity contribution in [2.24, 2.45) is 0 Å². The maximum Gasteiger partial charge on any atom is 0.168 e. The SMILES string of the molecule is CCc1cc(Cl)cc2oncc12. The maximum absolute atomic E-state index is 5.87. The maximum atomic E-state index is 5.87. The molecule has 1 aromatic carbocycles. The number of benzene rings is 1. The summed E-state index contributed by atoms with van der Waals surface area (Å²) in [6.45, 7) is 2.08. The van der Waals surface area contributed by atoms with Gasteiger partial charge in [-0.3, -0.25) is 0 Å². The van der Waals surface area contributed by atoms with E-state index in [1.54, 1.807) is 12.3 Å². The van der Waals surface area contributed by atoms with Crippen molar-refractivity contribution in [1.29, 1.82) is 0 Å². The van der Waals surface area contributed by atoms with E-state index in [4.69, 9.17) is 16.1 Å². The third-order valence-electron chi connectivity index (χ3n) is 1.91. The van der Waals surface area contributed by atoms with Gasteiger partial charge in [0.25, 0.3) is 0 Å². The molecular weight excluding hydrogens is 174 g/mol. The zero-order valence-corrected chi connectivity index (χ0v) is 7.43. The Kier molecular flexibility index (Phi) is 1.77. The molecule has 0 amide bonds. The highest BCUT2D eigenvalue weighted by molar-refractivity contribution is 6.31. The van der Waals surface area contributed by atoms with Crippen LogP contribution in [0.1, 0.15) is 12.5 Å². The van der Waals surface area contributed by atoms with E-state index in [2.05, 4.69) is 12.1 Å². The quantitative estimate of drug-likeness (QED) is 0.676. The topological polar surface area (TPSA) is 26.0 Å². The molecule has 0 saturated carbocycles. The predicted molar refractivity (Wildman–Crippen MR) is 48.4 cm³/mol. The third-order valence-corrected chi connectivity index (χ3v) is 2.12. The van der Waals surface area contributed by atoms with E-state index in [9.17, 15) is 0 Å². The van der Waals surface area contributed by atoms with Crippen LogP contribution in [0.4, 0.5) is 0 Å². The van der Waals surface area contributed by atoms with Crippen molar-refractivity contribution in [3.8, 4) is 0 Å². The van der Waals surface area contributed by atoms with Gasteiger partial charge in [-0.05, 0) is 18.1 Å². The van der Waals surface area contributed by atoms with Crippen LogP contribution in [-0.4, -0.2) is 5.16 Å². The second-order valence-corrected chi connectivity index (χ2v) is 3.09. The van der Waals surface area contributed by atoms with Crippen LogP contribution in [0.25, 0.3) is 11.0 Å². The Morgan fingerprint density at radius 1 is 1.50 bits per heavy atom. The van der Waals surface area contributed by atoms with Crippen molar-refractivity contribution >= 4 is 22.6 Å². The number of aryl methyl sites for hydroxylation is 1. The molecule has 62 valence electrons. The fraction of sp³-hybridized carbons (Fsp3) is 0.222. The van der Waals surface area contributed by atoms with E-state index in [-0.39, 0.29) is 0 Å². The number of hydrogen-bond donors (Lipinski definition) is 0. The first-order valence-corrected chi connectivity index (χ1v) is 4.22. The van der Waals surface area contributed by atoms with Crippen LogP contribution in [0.2, 0.25) is 5.02 Å². The first-order valence-electron chi connectivity index (χ1n) is 3.84. The molecule has 0 unspecified atom stereocenters. The molecule has 0 spiro atoms. The summed E-state index contributed by atoms with van der Waals surface area (Å²) in [6.07, 6.45) is 2.67. The van der Waals surface area contributed by atoms with Gasteiger partial charge in [0.1, 0.15) is 0 Å². The molecule has 0 saturated heterocycles. The normalized spacial score (nSPS) is 10.8. The fourth-order valence-electron chi connectivity index (χ4n) is 1.30. The van der Waals surface area contributed by atoms with Gasteiger partial charge in [0.15, 0.2) is 5.58 Å². The number of halogens is 1. The standard InChI is InChI=1S/C9H8ClNO/c1-2-6-3-7(10)4-9-8(6)5-11-12-9/h3-5H,2H2,1H3. The molecule has 0 fully saturated rings. The number of hydrogen-bond acceptors (Lipinski definition) is 2. The molecule has 2 nitrogen and oxygen atoms in total. The smallest absolute Gasteiger partial charge is 0.168 e. The lowest BCUT2D eigenvalue weighted by Crippen LogP contribution is -1.80. The summed E-state index contributed by atoms with van der Waals surface area (Å²) < 4.78 is 5.01. The van der Waals surface area contributed by atoms with Gasteiger partial charge in [-0.1, -0.05) is 23.7 Å². The molecule has 0 aliphatic carbocycles. The van der Waals surface area contributed by atoms with Crippen LogP contribution in [0.3, 0.4) is 0 Å². The van der Waals surface area contributed by atoms with Crippen LogP contribution >= 0.6 is 11.6 Å². The Hall–Kier alpha value is -1.02. The molecule has 1 heterocycles. The second-order valence-electron chi connectivity index (χ2n) is 2.66. The van der Waals surface area contributed by atoms with E-state index in [1.165, 1.54) is 5.56 Å². The lowest BCUT2D eigenvalue weighted by molar-refractivity contribution is 0.456. The molecule has 0 bridgehead atoms. The van der Waals surface area contributed by atoms with Gasteiger partial charge < -0.3 is 4.52 Å². The Bertz CT molecular complexity index is 408. The van der Waals surface area contributed by atoms with Gasteiger partial charge in [-0.2, -0.15) is 0 Å². The van der Waals surface area contributed by atoms with Crippen LogP contribution in [0, 0.1) is 0 Å². The van der Waals surface area contributed by atoms with Gasteiger partial charge >= 0.3 is 0 Å². The van der Waals surface area contributed by atoms with Crippen LogP contribution in [0.15, 0.2) is 22.9 Å². The number of aromatic nitrogens is 1. The Morgan fingerprint density at radius 3 is 3.08 bits per heavy atom. The van der Waals surface area contributed by atoms with Crippen LogP contribution < -0.4 is 0 Å². The van der Waals surface area contributed by atoms with Gasteiger partial charge in [0, 0.05) is 16.5 Å². The Balaban J connectivity index is 2.80. The summed E-state index contributed by atoms with van der Waals surface area (Å²) in [7, 11) is 0. The van der Waals surface area contributed by atoms with Gasteiger partial charge in [0.05, 0.1) is 6.20 Å². The van der Waals surface area contributed by atoms with Crippen molar-refractivity contribution in [3.05, 3.63) is 28.9 Å². The first-order chi connectivity index (χ1) is 5.81. The van der Waals surface area contributed by atoms with Gasteiger partial charge in [0.2, 0.25) is 0 Å². The van der Waals surface area contributed by atoms with Crippen LogP contribution in [-0.2, 0) is 6.42 Å². The Morgan fingerprint density at radius 2 is 2.33 bits per heavy atom. The molecule has 0 atom stereocenters. The molecule has 0 aliphatic heterocycles. The molecular formula is C9H8ClNO. The second kappa shape index (κ2) is 2.79. The molecule has 2 aromatic rings. The van der Waals surface area contributed by atoms with E-state index in [1.807, 2.05) is 6.07 Å². The summed E-state index contributed by atoms with van der Waals surface area (Å²) >= 11 is 5.87. The molecule has 0 radical (unpaired) electrons. The summed E-state index contributed by atoms with van der Waals surface area (Å²) in [5, 5.41) is 5.48. The minimum absolute atomic E-state index is 0.705. The Labute approximate surface area is 75.1 Å². The van der Waals surface area contributed by atoms with Crippen molar-refractivity contribution in [2.45, 2.75) is 13.3 Å². The van der Waals surface area contributed by atoms with Crippen molar-refractivity contribution in [3.63, 3.8) is 0 Å². The fourth-order valence-corrected chi connectivity index (χ4v) is 1.53. The molecule has 0 aliphatic rings. The summed E-state index contributed by atoms with van der Waals surface area (Å²) in [5.41, 5.74) is 1.94. The summed E-state index contributed by atoms with van der Waals surface area (Å²) in [6, 6.07) is 3.73. The molecule has 2 rings (SSSR count). The highest BCUT2D eigenvalue weighted by Crippen LogP contribution is 2.23. The minimum atomic E-state index is 0.705.